The van der Waals surface area contributed by atoms with E-state index in [0.717, 1.165) is 28.0 Å². The van der Waals surface area contributed by atoms with E-state index in [0.29, 0.717) is 5.69 Å². The molecule has 2 N–H and O–H groups in total. The molecule has 0 unspecified atom stereocenters. The second kappa shape index (κ2) is 4.57. The fraction of sp³-hybridized carbons (Fsp3) is 0.0667. The van der Waals surface area contributed by atoms with E-state index in [1.165, 1.54) is 0 Å². The van der Waals surface area contributed by atoms with Crippen LogP contribution in [0.25, 0.3) is 22.3 Å². The lowest BCUT2D eigenvalue weighted by Gasteiger charge is -2.05. The monoisotopic (exact) mass is 251 g/mol. The van der Waals surface area contributed by atoms with Gasteiger partial charge in [0.05, 0.1) is 30.2 Å². The summed E-state index contributed by atoms with van der Waals surface area (Å²) in [4.78, 5) is 8.96. The number of methoxy groups -OCH3 is 1. The average molecular weight is 251 g/mol. The highest BCUT2D eigenvalue weighted by molar-refractivity contribution is 5.87. The highest BCUT2D eigenvalue weighted by Gasteiger charge is 2.04. The quantitative estimate of drug-likeness (QED) is 0.711. The van der Waals surface area contributed by atoms with Gasteiger partial charge in [-0.1, -0.05) is 6.07 Å². The van der Waals surface area contributed by atoms with Gasteiger partial charge in [0.25, 0.3) is 0 Å². The van der Waals surface area contributed by atoms with Crippen LogP contribution in [0, 0.1) is 0 Å². The summed E-state index contributed by atoms with van der Waals surface area (Å²) in [5, 5.41) is 0. The molecule has 4 heteroatoms. The van der Waals surface area contributed by atoms with E-state index in [-0.39, 0.29) is 0 Å². The third-order valence-electron chi connectivity index (χ3n) is 2.99. The number of nitrogens with two attached hydrogens (primary N) is 1. The van der Waals surface area contributed by atoms with Crippen molar-refractivity contribution >= 4 is 16.7 Å². The minimum absolute atomic E-state index is 0.645. The molecule has 0 bridgehead atoms. The van der Waals surface area contributed by atoms with Gasteiger partial charge in [-0.3, -0.25) is 4.98 Å². The molecule has 0 aliphatic heterocycles. The summed E-state index contributed by atoms with van der Waals surface area (Å²) in [6.07, 6.45) is 1.74. The summed E-state index contributed by atoms with van der Waals surface area (Å²) in [6.45, 7) is 0. The second-order valence-electron chi connectivity index (χ2n) is 4.20. The zero-order valence-electron chi connectivity index (χ0n) is 10.5. The van der Waals surface area contributed by atoms with Crippen molar-refractivity contribution < 1.29 is 4.74 Å². The van der Waals surface area contributed by atoms with Gasteiger partial charge in [-0.25, -0.2) is 4.98 Å². The molecule has 0 saturated heterocycles. The fourth-order valence-electron chi connectivity index (χ4n) is 1.96. The lowest BCUT2D eigenvalue weighted by Crippen LogP contribution is -1.93. The predicted octanol–water partition coefficient (Wildman–Crippen LogP) is 2.89. The Morgan fingerprint density at radius 1 is 1.05 bits per heavy atom. The topological polar surface area (TPSA) is 61.0 Å². The SMILES string of the molecule is COc1ccc(-c2cnc3c(N)cccc3n2)cc1. The molecule has 0 radical (unpaired) electrons. The van der Waals surface area contributed by atoms with E-state index in [2.05, 4.69) is 9.97 Å². The smallest absolute Gasteiger partial charge is 0.118 e. The van der Waals surface area contributed by atoms with Gasteiger partial charge in [0.15, 0.2) is 0 Å². The third kappa shape index (κ3) is 2.08. The lowest BCUT2D eigenvalue weighted by atomic mass is 10.1. The van der Waals surface area contributed by atoms with Crippen LogP contribution in [0.2, 0.25) is 0 Å². The van der Waals surface area contributed by atoms with Gasteiger partial charge in [-0.2, -0.15) is 0 Å². The molecular weight excluding hydrogens is 238 g/mol. The number of benzene rings is 2. The highest BCUT2D eigenvalue weighted by atomic mass is 16.5. The molecule has 1 heterocycles. The van der Waals surface area contributed by atoms with E-state index in [1.807, 2.05) is 42.5 Å². The Labute approximate surface area is 110 Å². The zero-order chi connectivity index (χ0) is 13.2. The molecule has 4 nitrogen and oxygen atoms in total. The number of ether oxygens (including phenoxy) is 1. The first kappa shape index (κ1) is 11.5. The van der Waals surface area contributed by atoms with Gasteiger partial charge < -0.3 is 10.5 Å². The standard InChI is InChI=1S/C15H13N3O/c1-19-11-7-5-10(6-8-11)14-9-17-15-12(16)3-2-4-13(15)18-14/h2-9H,16H2,1H3. The van der Waals surface area contributed by atoms with E-state index >= 15 is 0 Å². The van der Waals surface area contributed by atoms with Gasteiger partial charge in [-0.05, 0) is 36.4 Å². The summed E-state index contributed by atoms with van der Waals surface area (Å²) in [5.41, 5.74) is 9.86. The Morgan fingerprint density at radius 3 is 2.58 bits per heavy atom. The van der Waals surface area contributed by atoms with Crippen LogP contribution < -0.4 is 10.5 Å². The molecule has 19 heavy (non-hydrogen) atoms. The van der Waals surface area contributed by atoms with Crippen LogP contribution in [0.4, 0.5) is 5.69 Å². The van der Waals surface area contributed by atoms with Crippen LogP contribution in [0.3, 0.4) is 0 Å². The Morgan fingerprint density at radius 2 is 1.84 bits per heavy atom. The Hall–Kier alpha value is -2.62. The zero-order valence-corrected chi connectivity index (χ0v) is 10.5. The van der Waals surface area contributed by atoms with Crippen molar-refractivity contribution in [3.05, 3.63) is 48.7 Å². The van der Waals surface area contributed by atoms with Crippen molar-refractivity contribution in [1.82, 2.24) is 9.97 Å². The van der Waals surface area contributed by atoms with Crippen molar-refractivity contribution in [3.8, 4) is 17.0 Å². The van der Waals surface area contributed by atoms with Crippen LogP contribution in [-0.2, 0) is 0 Å². The number of rotatable bonds is 2. The molecule has 0 spiro atoms. The second-order valence-corrected chi connectivity index (χ2v) is 4.20. The van der Waals surface area contributed by atoms with Gasteiger partial charge in [0, 0.05) is 5.56 Å². The first-order valence-electron chi connectivity index (χ1n) is 5.93. The summed E-state index contributed by atoms with van der Waals surface area (Å²) >= 11 is 0. The molecule has 0 amide bonds. The number of hydrogen-bond donors (Lipinski definition) is 1. The Kier molecular flexibility index (Phi) is 2.76. The molecule has 2 aromatic carbocycles. The van der Waals surface area contributed by atoms with Crippen molar-refractivity contribution in [2.75, 3.05) is 12.8 Å². The normalized spacial score (nSPS) is 10.6. The Bertz CT molecular complexity index is 723. The maximum Gasteiger partial charge on any atom is 0.118 e. The number of nitrogens with zero attached hydrogens (tertiary/aromatic N) is 2. The minimum Gasteiger partial charge on any atom is -0.497 e. The van der Waals surface area contributed by atoms with Gasteiger partial charge in [-0.15, -0.1) is 0 Å². The molecule has 0 saturated carbocycles. The third-order valence-corrected chi connectivity index (χ3v) is 2.99. The summed E-state index contributed by atoms with van der Waals surface area (Å²) in [7, 11) is 1.65. The van der Waals surface area contributed by atoms with Crippen molar-refractivity contribution in [3.63, 3.8) is 0 Å². The van der Waals surface area contributed by atoms with Crippen LogP contribution in [0.15, 0.2) is 48.7 Å². The molecule has 3 aromatic rings. The maximum absolute atomic E-state index is 5.86. The number of hydrogen-bond acceptors (Lipinski definition) is 4. The first-order valence-corrected chi connectivity index (χ1v) is 5.93. The number of aromatic nitrogens is 2. The molecule has 0 aliphatic rings. The minimum atomic E-state index is 0.645. The van der Waals surface area contributed by atoms with Crippen molar-refractivity contribution in [2.45, 2.75) is 0 Å². The molecule has 94 valence electrons. The first-order chi connectivity index (χ1) is 9.28. The Balaban J connectivity index is 2.09. The number of nitrogen functional groups attached to an aromatic ring is 1. The van der Waals surface area contributed by atoms with E-state index < -0.39 is 0 Å². The van der Waals surface area contributed by atoms with Gasteiger partial charge >= 0.3 is 0 Å². The van der Waals surface area contributed by atoms with Gasteiger partial charge in [0.1, 0.15) is 11.3 Å². The largest absolute Gasteiger partial charge is 0.497 e. The van der Waals surface area contributed by atoms with Gasteiger partial charge in [0.2, 0.25) is 0 Å². The fourth-order valence-corrected chi connectivity index (χ4v) is 1.96. The van der Waals surface area contributed by atoms with E-state index in [4.69, 9.17) is 10.5 Å². The summed E-state index contributed by atoms with van der Waals surface area (Å²) in [5.74, 6) is 0.821. The van der Waals surface area contributed by atoms with Crippen molar-refractivity contribution in [1.29, 1.82) is 0 Å². The molecule has 0 atom stereocenters. The highest BCUT2D eigenvalue weighted by Crippen LogP contribution is 2.23. The van der Waals surface area contributed by atoms with Crippen LogP contribution in [-0.4, -0.2) is 17.1 Å². The van der Waals surface area contributed by atoms with E-state index in [1.54, 1.807) is 13.3 Å². The number of para-hydroxylation sites is 1. The van der Waals surface area contributed by atoms with Crippen LogP contribution >= 0.6 is 0 Å². The summed E-state index contributed by atoms with van der Waals surface area (Å²) in [6, 6.07) is 13.3. The molecular formula is C15H13N3O. The number of anilines is 1. The maximum atomic E-state index is 5.86. The predicted molar refractivity (Wildman–Crippen MR) is 75.9 cm³/mol. The average Bonchev–Trinajstić information content (AvgIpc) is 2.47. The molecule has 0 aliphatic carbocycles. The molecule has 3 rings (SSSR count). The molecule has 1 aromatic heterocycles. The van der Waals surface area contributed by atoms with Crippen LogP contribution in [0.5, 0.6) is 5.75 Å². The van der Waals surface area contributed by atoms with E-state index in [9.17, 15) is 0 Å². The lowest BCUT2D eigenvalue weighted by molar-refractivity contribution is 0.415. The summed E-state index contributed by atoms with van der Waals surface area (Å²) < 4.78 is 5.14. The van der Waals surface area contributed by atoms with Crippen LogP contribution in [0.1, 0.15) is 0 Å². The molecule has 0 fully saturated rings. The van der Waals surface area contributed by atoms with Crippen molar-refractivity contribution in [2.24, 2.45) is 0 Å². The number of fused-ring (bicyclic) bond motifs is 1.